The number of benzene rings is 1. The van der Waals surface area contributed by atoms with E-state index in [9.17, 15) is 14.9 Å². The number of nitrogens with zero attached hydrogens (tertiary/aromatic N) is 6. The van der Waals surface area contributed by atoms with Crippen molar-refractivity contribution >= 4 is 23.1 Å². The van der Waals surface area contributed by atoms with Gasteiger partial charge in [-0.3, -0.25) is 14.5 Å². The number of anilines is 1. The predicted octanol–water partition coefficient (Wildman–Crippen LogP) is 2.23. The van der Waals surface area contributed by atoms with Gasteiger partial charge in [-0.15, -0.1) is 10.2 Å². The summed E-state index contributed by atoms with van der Waals surface area (Å²) in [5.41, 5.74) is 1.72. The minimum Gasteiger partial charge on any atom is -0.368 e. The summed E-state index contributed by atoms with van der Waals surface area (Å²) in [6.07, 6.45) is 1.87. The molecule has 10 nitrogen and oxygen atoms in total. The lowest BCUT2D eigenvalue weighted by molar-refractivity contribution is -0.384. The number of carbonyl (C=O) groups is 1. The van der Waals surface area contributed by atoms with Crippen LogP contribution < -0.4 is 10.2 Å². The van der Waals surface area contributed by atoms with Crippen molar-refractivity contribution in [1.82, 2.24) is 24.8 Å². The average Bonchev–Trinajstić information content (AvgIpc) is 3.18. The fourth-order valence-electron chi connectivity index (χ4n) is 3.45. The maximum atomic E-state index is 12.7. The summed E-state index contributed by atoms with van der Waals surface area (Å²) in [6.45, 7) is 4.33. The van der Waals surface area contributed by atoms with E-state index in [1.165, 1.54) is 12.1 Å². The van der Waals surface area contributed by atoms with Gasteiger partial charge in [-0.2, -0.15) is 0 Å². The van der Waals surface area contributed by atoms with Crippen molar-refractivity contribution in [3.63, 3.8) is 0 Å². The van der Waals surface area contributed by atoms with Gasteiger partial charge in [-0.25, -0.2) is 4.79 Å². The second-order valence-electron chi connectivity index (χ2n) is 6.91. The van der Waals surface area contributed by atoms with Gasteiger partial charge in [0.1, 0.15) is 0 Å². The molecule has 2 aromatic heterocycles. The van der Waals surface area contributed by atoms with Crippen molar-refractivity contribution in [2.45, 2.75) is 13.0 Å². The Bertz CT molecular complexity index is 1030. The number of aromatic nitrogens is 3. The maximum Gasteiger partial charge on any atom is 0.318 e. The Morgan fingerprint density at radius 1 is 1.10 bits per heavy atom. The highest BCUT2D eigenvalue weighted by molar-refractivity contribution is 5.75. The van der Waals surface area contributed by atoms with E-state index >= 15 is 0 Å². The second kappa shape index (κ2) is 7.74. The zero-order valence-electron chi connectivity index (χ0n) is 15.9. The predicted molar refractivity (Wildman–Crippen MR) is 107 cm³/mol. The van der Waals surface area contributed by atoms with Gasteiger partial charge in [0, 0.05) is 50.2 Å². The average molecular weight is 395 g/mol. The number of hydrogen-bond acceptors (Lipinski definition) is 6. The van der Waals surface area contributed by atoms with Crippen molar-refractivity contribution in [1.29, 1.82) is 0 Å². The lowest BCUT2D eigenvalue weighted by Crippen LogP contribution is -2.52. The summed E-state index contributed by atoms with van der Waals surface area (Å²) in [4.78, 5) is 26.9. The Kier molecular flexibility index (Phi) is 4.98. The van der Waals surface area contributed by atoms with Crippen LogP contribution in [0.25, 0.3) is 5.65 Å². The Hall–Kier alpha value is -3.69. The summed E-state index contributed by atoms with van der Waals surface area (Å²) >= 11 is 0. The number of hydrogen-bond donors (Lipinski definition) is 1. The first-order valence-electron chi connectivity index (χ1n) is 9.37. The molecule has 2 amide bonds. The number of urea groups is 1. The Balaban J connectivity index is 1.34. The molecule has 4 rings (SSSR count). The second-order valence-corrected chi connectivity index (χ2v) is 6.91. The molecule has 0 saturated carbocycles. The molecule has 0 radical (unpaired) electrons. The fraction of sp³-hybridized carbons (Fsp3) is 0.316. The number of carbonyl (C=O) groups excluding carboxylic acids is 1. The van der Waals surface area contributed by atoms with Gasteiger partial charge in [0.25, 0.3) is 5.69 Å². The van der Waals surface area contributed by atoms with Crippen LogP contribution in [0, 0.1) is 10.1 Å². The number of piperazine rings is 1. The summed E-state index contributed by atoms with van der Waals surface area (Å²) in [7, 11) is 0. The quantitative estimate of drug-likeness (QED) is 0.536. The highest BCUT2D eigenvalue weighted by Crippen LogP contribution is 2.21. The molecule has 1 N–H and O–H groups in total. The van der Waals surface area contributed by atoms with Crippen LogP contribution in [0.5, 0.6) is 0 Å². The van der Waals surface area contributed by atoms with Crippen LogP contribution in [0.1, 0.15) is 18.8 Å². The van der Waals surface area contributed by atoms with Crippen LogP contribution in [-0.2, 0) is 0 Å². The van der Waals surface area contributed by atoms with Gasteiger partial charge in [-0.1, -0.05) is 6.07 Å². The molecule has 0 bridgehead atoms. The first-order valence-corrected chi connectivity index (χ1v) is 9.37. The molecule has 0 unspecified atom stereocenters. The molecule has 150 valence electrons. The van der Waals surface area contributed by atoms with Crippen LogP contribution in [-0.4, -0.2) is 56.6 Å². The van der Waals surface area contributed by atoms with Crippen molar-refractivity contribution < 1.29 is 9.72 Å². The van der Waals surface area contributed by atoms with E-state index in [1.807, 2.05) is 35.7 Å². The Labute approximate surface area is 166 Å². The molecular formula is C19H21N7O3. The monoisotopic (exact) mass is 395 g/mol. The first-order chi connectivity index (χ1) is 14.0. The molecule has 1 aliphatic heterocycles. The molecule has 0 spiro atoms. The number of pyridine rings is 1. The van der Waals surface area contributed by atoms with Crippen molar-refractivity contribution in [2.24, 2.45) is 0 Å². The third kappa shape index (κ3) is 3.82. The van der Waals surface area contributed by atoms with Crippen molar-refractivity contribution in [3.8, 4) is 0 Å². The van der Waals surface area contributed by atoms with E-state index in [2.05, 4.69) is 20.4 Å². The summed E-state index contributed by atoms with van der Waals surface area (Å²) in [6, 6.07) is 11.7. The van der Waals surface area contributed by atoms with E-state index in [1.54, 1.807) is 17.0 Å². The number of amides is 2. The SMILES string of the molecule is C[C@@H](NC(=O)N1CCN(c2ccc([N+](=O)[O-])cc2)CC1)c1nnc2ccccn12. The third-order valence-corrected chi connectivity index (χ3v) is 5.06. The zero-order valence-corrected chi connectivity index (χ0v) is 15.9. The van der Waals surface area contributed by atoms with Crippen molar-refractivity contribution in [2.75, 3.05) is 31.1 Å². The lowest BCUT2D eigenvalue weighted by Gasteiger charge is -2.36. The molecule has 10 heteroatoms. The summed E-state index contributed by atoms with van der Waals surface area (Å²) in [5, 5.41) is 22.1. The summed E-state index contributed by atoms with van der Waals surface area (Å²) < 4.78 is 1.86. The van der Waals surface area contributed by atoms with Crippen LogP contribution in [0.3, 0.4) is 0 Å². The van der Waals surface area contributed by atoms with Crippen LogP contribution in [0.4, 0.5) is 16.2 Å². The topological polar surface area (TPSA) is 109 Å². The van der Waals surface area contributed by atoms with Crippen LogP contribution in [0.15, 0.2) is 48.7 Å². The largest absolute Gasteiger partial charge is 0.368 e. The molecule has 1 fully saturated rings. The lowest BCUT2D eigenvalue weighted by atomic mass is 10.2. The summed E-state index contributed by atoms with van der Waals surface area (Å²) in [5.74, 6) is 0.679. The molecule has 1 aromatic carbocycles. The van der Waals surface area contributed by atoms with Crippen LogP contribution >= 0.6 is 0 Å². The van der Waals surface area contributed by atoms with Gasteiger partial charge in [0.2, 0.25) is 0 Å². The highest BCUT2D eigenvalue weighted by atomic mass is 16.6. The minimum absolute atomic E-state index is 0.0711. The standard InChI is InChI=1S/C19H21N7O3/c1-14(18-22-21-17-4-2-3-9-25(17)18)20-19(27)24-12-10-23(11-13-24)15-5-7-16(8-6-15)26(28)29/h2-9,14H,10-13H2,1H3,(H,20,27)/t14-/m1/s1. The Morgan fingerprint density at radius 2 is 1.83 bits per heavy atom. The Morgan fingerprint density at radius 3 is 2.52 bits per heavy atom. The minimum atomic E-state index is -0.411. The van der Waals surface area contributed by atoms with E-state index in [-0.39, 0.29) is 17.8 Å². The van der Waals surface area contributed by atoms with Gasteiger partial charge in [-0.05, 0) is 31.2 Å². The molecule has 0 aliphatic carbocycles. The molecule has 1 aliphatic rings. The number of non-ortho nitro benzene ring substituents is 1. The number of nitro benzene ring substituents is 1. The molecule has 29 heavy (non-hydrogen) atoms. The molecule has 1 atom stereocenters. The van der Waals surface area contributed by atoms with Gasteiger partial charge in [0.15, 0.2) is 11.5 Å². The van der Waals surface area contributed by atoms with Gasteiger partial charge < -0.3 is 15.1 Å². The number of nitro groups is 1. The first kappa shape index (κ1) is 18.7. The van der Waals surface area contributed by atoms with Gasteiger partial charge >= 0.3 is 6.03 Å². The van der Waals surface area contributed by atoms with E-state index in [0.29, 0.717) is 32.0 Å². The third-order valence-electron chi connectivity index (χ3n) is 5.06. The number of rotatable bonds is 4. The smallest absolute Gasteiger partial charge is 0.318 e. The van der Waals surface area contributed by atoms with E-state index < -0.39 is 4.92 Å². The number of nitrogens with one attached hydrogen (secondary N) is 1. The molecule has 3 aromatic rings. The molecule has 3 heterocycles. The molecular weight excluding hydrogens is 374 g/mol. The maximum absolute atomic E-state index is 12.7. The van der Waals surface area contributed by atoms with Crippen molar-refractivity contribution in [3.05, 3.63) is 64.6 Å². The van der Waals surface area contributed by atoms with Gasteiger partial charge in [0.05, 0.1) is 11.0 Å². The van der Waals surface area contributed by atoms with E-state index in [0.717, 1.165) is 11.3 Å². The highest BCUT2D eigenvalue weighted by Gasteiger charge is 2.24. The van der Waals surface area contributed by atoms with E-state index in [4.69, 9.17) is 0 Å². The zero-order chi connectivity index (χ0) is 20.4. The normalized spacial score (nSPS) is 15.3. The molecule has 1 saturated heterocycles. The van der Waals surface area contributed by atoms with Crippen LogP contribution in [0.2, 0.25) is 0 Å². The fourth-order valence-corrected chi connectivity index (χ4v) is 3.45. The number of fused-ring (bicyclic) bond motifs is 1.